The summed E-state index contributed by atoms with van der Waals surface area (Å²) in [5.41, 5.74) is -0.638. The zero-order valence-electron chi connectivity index (χ0n) is 10.8. The molecule has 1 atom stereocenters. The van der Waals surface area contributed by atoms with Crippen LogP contribution in [0.4, 0.5) is 4.79 Å². The molecule has 1 aliphatic rings. The van der Waals surface area contributed by atoms with Gasteiger partial charge in [0.15, 0.2) is 0 Å². The highest BCUT2D eigenvalue weighted by atomic mass is 16.6. The average molecular weight is 241 g/mol. The van der Waals surface area contributed by atoms with Crippen LogP contribution in [0, 0.1) is 5.92 Å². The SMILES string of the molecule is CC[C@H]1CN(C(=O)OC(C)(C)C)C(=O)CC1=O. The summed E-state index contributed by atoms with van der Waals surface area (Å²) in [5, 5.41) is 0. The molecule has 0 N–H and O–H groups in total. The van der Waals surface area contributed by atoms with E-state index in [0.717, 1.165) is 4.90 Å². The number of Topliss-reactive ketones (excluding diaryl/α,β-unsaturated/α-hetero) is 1. The van der Waals surface area contributed by atoms with Crippen LogP contribution in [-0.4, -0.2) is 34.8 Å². The summed E-state index contributed by atoms with van der Waals surface area (Å²) in [6.07, 6.45) is -0.225. The van der Waals surface area contributed by atoms with Crippen molar-refractivity contribution in [1.29, 1.82) is 0 Å². The van der Waals surface area contributed by atoms with E-state index >= 15 is 0 Å². The lowest BCUT2D eigenvalue weighted by Gasteiger charge is -2.31. The van der Waals surface area contributed by atoms with E-state index in [0.29, 0.717) is 6.42 Å². The molecule has 1 rings (SSSR count). The number of hydrogen-bond donors (Lipinski definition) is 0. The average Bonchev–Trinajstić information content (AvgIpc) is 2.14. The molecule has 96 valence electrons. The summed E-state index contributed by atoms with van der Waals surface area (Å²) in [7, 11) is 0. The van der Waals surface area contributed by atoms with E-state index in [1.165, 1.54) is 0 Å². The highest BCUT2D eigenvalue weighted by Crippen LogP contribution is 2.19. The third-order valence-corrected chi connectivity index (χ3v) is 2.59. The van der Waals surface area contributed by atoms with E-state index in [4.69, 9.17) is 4.74 Å². The Kier molecular flexibility index (Phi) is 3.91. The maximum Gasteiger partial charge on any atom is 0.417 e. The monoisotopic (exact) mass is 241 g/mol. The Morgan fingerprint density at radius 1 is 1.41 bits per heavy atom. The van der Waals surface area contributed by atoms with Gasteiger partial charge >= 0.3 is 6.09 Å². The molecule has 0 aliphatic carbocycles. The van der Waals surface area contributed by atoms with Crippen molar-refractivity contribution < 1.29 is 19.1 Å². The van der Waals surface area contributed by atoms with Crippen molar-refractivity contribution in [2.24, 2.45) is 5.92 Å². The molecular weight excluding hydrogens is 222 g/mol. The molecule has 0 radical (unpaired) electrons. The Morgan fingerprint density at radius 3 is 2.47 bits per heavy atom. The summed E-state index contributed by atoms with van der Waals surface area (Å²) in [6, 6.07) is 0. The van der Waals surface area contributed by atoms with Crippen molar-refractivity contribution in [3.63, 3.8) is 0 Å². The largest absolute Gasteiger partial charge is 0.443 e. The number of ether oxygens (including phenoxy) is 1. The molecule has 1 heterocycles. The fraction of sp³-hybridized carbons (Fsp3) is 0.750. The molecule has 5 nitrogen and oxygen atoms in total. The zero-order valence-corrected chi connectivity index (χ0v) is 10.8. The maximum absolute atomic E-state index is 11.8. The van der Waals surface area contributed by atoms with Gasteiger partial charge in [-0.15, -0.1) is 0 Å². The van der Waals surface area contributed by atoms with Crippen LogP contribution in [0.25, 0.3) is 0 Å². The first kappa shape index (κ1) is 13.7. The molecule has 1 fully saturated rings. The molecule has 0 aromatic rings. The number of carbonyl (C=O) groups is 3. The lowest BCUT2D eigenvalue weighted by molar-refractivity contribution is -0.141. The van der Waals surface area contributed by atoms with Crippen LogP contribution in [0.15, 0.2) is 0 Å². The van der Waals surface area contributed by atoms with Crippen molar-refractivity contribution in [1.82, 2.24) is 4.90 Å². The first-order valence-electron chi connectivity index (χ1n) is 5.80. The maximum atomic E-state index is 11.8. The minimum atomic E-state index is -0.659. The van der Waals surface area contributed by atoms with Gasteiger partial charge in [-0.25, -0.2) is 9.69 Å². The molecule has 0 aromatic carbocycles. The first-order chi connectivity index (χ1) is 7.74. The summed E-state index contributed by atoms with van der Waals surface area (Å²) >= 11 is 0. The van der Waals surface area contributed by atoms with E-state index in [9.17, 15) is 14.4 Å². The van der Waals surface area contributed by atoms with Gasteiger partial charge in [0.2, 0.25) is 5.91 Å². The van der Waals surface area contributed by atoms with Crippen molar-refractivity contribution in [3.05, 3.63) is 0 Å². The van der Waals surface area contributed by atoms with E-state index in [-0.39, 0.29) is 24.7 Å². The molecule has 1 saturated heterocycles. The van der Waals surface area contributed by atoms with Crippen molar-refractivity contribution in [2.75, 3.05) is 6.54 Å². The van der Waals surface area contributed by atoms with Gasteiger partial charge in [0, 0.05) is 12.5 Å². The molecule has 5 heteroatoms. The van der Waals surface area contributed by atoms with Crippen LogP contribution in [0.1, 0.15) is 40.5 Å². The zero-order chi connectivity index (χ0) is 13.2. The van der Waals surface area contributed by atoms with Crippen LogP contribution in [0.2, 0.25) is 0 Å². The van der Waals surface area contributed by atoms with E-state index in [1.54, 1.807) is 20.8 Å². The topological polar surface area (TPSA) is 63.7 Å². The number of hydrogen-bond acceptors (Lipinski definition) is 4. The molecule has 1 aliphatic heterocycles. The normalized spacial score (nSPS) is 21.6. The van der Waals surface area contributed by atoms with Crippen molar-refractivity contribution in [2.45, 2.75) is 46.1 Å². The van der Waals surface area contributed by atoms with Crippen LogP contribution >= 0.6 is 0 Å². The summed E-state index contributed by atoms with van der Waals surface area (Å²) in [4.78, 5) is 35.9. The number of carbonyl (C=O) groups excluding carboxylic acids is 3. The number of likely N-dealkylation sites (tertiary alicyclic amines) is 1. The third-order valence-electron chi connectivity index (χ3n) is 2.59. The Morgan fingerprint density at radius 2 is 2.00 bits per heavy atom. The summed E-state index contributed by atoms with van der Waals surface area (Å²) < 4.78 is 5.13. The number of imide groups is 1. The highest BCUT2D eigenvalue weighted by molar-refractivity contribution is 6.06. The number of piperidine rings is 1. The molecule has 0 aromatic heterocycles. The first-order valence-corrected chi connectivity index (χ1v) is 5.80. The minimum absolute atomic E-state index is 0.0858. The quantitative estimate of drug-likeness (QED) is 0.656. The molecule has 2 amide bonds. The minimum Gasteiger partial charge on any atom is -0.443 e. The molecule has 17 heavy (non-hydrogen) atoms. The lowest BCUT2D eigenvalue weighted by Crippen LogP contribution is -2.49. The predicted octanol–water partition coefficient (Wildman–Crippen LogP) is 1.75. The number of rotatable bonds is 1. The Bertz CT molecular complexity index is 343. The second-order valence-electron chi connectivity index (χ2n) is 5.23. The van der Waals surface area contributed by atoms with Gasteiger partial charge in [0.05, 0.1) is 6.42 Å². The lowest BCUT2D eigenvalue weighted by atomic mass is 9.94. The Hall–Kier alpha value is -1.39. The molecule has 0 bridgehead atoms. The number of ketones is 1. The second kappa shape index (κ2) is 4.85. The molecule has 0 unspecified atom stereocenters. The van der Waals surface area contributed by atoms with Crippen molar-refractivity contribution >= 4 is 17.8 Å². The van der Waals surface area contributed by atoms with Crippen LogP contribution in [-0.2, 0) is 14.3 Å². The third kappa shape index (κ3) is 3.54. The van der Waals surface area contributed by atoms with E-state index in [1.807, 2.05) is 6.92 Å². The van der Waals surface area contributed by atoms with E-state index < -0.39 is 17.6 Å². The second-order valence-corrected chi connectivity index (χ2v) is 5.23. The van der Waals surface area contributed by atoms with Gasteiger partial charge < -0.3 is 4.74 Å². The molecule has 0 spiro atoms. The predicted molar refractivity (Wildman–Crippen MR) is 61.4 cm³/mol. The van der Waals surface area contributed by atoms with Crippen LogP contribution < -0.4 is 0 Å². The number of amides is 2. The molecule has 0 saturated carbocycles. The van der Waals surface area contributed by atoms with Gasteiger partial charge in [0.25, 0.3) is 0 Å². The smallest absolute Gasteiger partial charge is 0.417 e. The molecular formula is C12H19NO4. The van der Waals surface area contributed by atoms with Gasteiger partial charge in [0.1, 0.15) is 11.4 Å². The standard InChI is InChI=1S/C12H19NO4/c1-5-8-7-13(10(15)6-9(8)14)11(16)17-12(2,3)4/h8H,5-7H2,1-4H3/t8-/m0/s1. The van der Waals surface area contributed by atoms with Gasteiger partial charge in [-0.05, 0) is 27.2 Å². The van der Waals surface area contributed by atoms with Crippen LogP contribution in [0.5, 0.6) is 0 Å². The van der Waals surface area contributed by atoms with Gasteiger partial charge in [-0.2, -0.15) is 0 Å². The number of nitrogens with zero attached hydrogens (tertiary/aromatic N) is 1. The fourth-order valence-electron chi connectivity index (χ4n) is 1.66. The van der Waals surface area contributed by atoms with Gasteiger partial charge in [-0.3, -0.25) is 9.59 Å². The Balaban J connectivity index is 2.73. The fourth-order valence-corrected chi connectivity index (χ4v) is 1.66. The van der Waals surface area contributed by atoms with Gasteiger partial charge in [-0.1, -0.05) is 6.92 Å². The van der Waals surface area contributed by atoms with Crippen molar-refractivity contribution in [3.8, 4) is 0 Å². The highest BCUT2D eigenvalue weighted by Gasteiger charge is 2.36. The summed E-state index contributed by atoms with van der Waals surface area (Å²) in [6.45, 7) is 7.22. The van der Waals surface area contributed by atoms with E-state index in [2.05, 4.69) is 0 Å². The Labute approximate surface area is 101 Å². The summed E-state index contributed by atoms with van der Waals surface area (Å²) in [5.74, 6) is -0.800. The van der Waals surface area contributed by atoms with Crippen LogP contribution in [0.3, 0.4) is 0 Å².